The SMILES string of the molecule is [2H]C([2H])([2H])C([2H])([2H])C([2H])([2H])C([2H])([2H])C([2H])([2H])C([2H])([2H])C([2H])([2H])C([2H])([2H])C([2H])([2H])C([2H])([2H])C([2H])([2H])C([2H])([2H])N=[N+]=[N-]. The highest BCUT2D eigenvalue weighted by molar-refractivity contribution is 4.50. The van der Waals surface area contributed by atoms with Gasteiger partial charge in [-0.05, 0) is 11.9 Å². The predicted molar refractivity (Wildman–Crippen MR) is 65.9 cm³/mol. The molecule has 15 heavy (non-hydrogen) atoms. The second-order valence-electron chi connectivity index (χ2n) is 1.55. The molecule has 0 spiro atoms. The van der Waals surface area contributed by atoms with E-state index in [1.807, 2.05) is 4.91 Å². The van der Waals surface area contributed by atoms with Crippen LogP contribution in [0.4, 0.5) is 0 Å². The summed E-state index contributed by atoms with van der Waals surface area (Å²) in [4.78, 5) is 1.93. The molecular formula is C12H25N3. The molecule has 0 fully saturated rings. The molecule has 0 rings (SSSR count). The average molecular weight is 237 g/mol. The Morgan fingerprint density at radius 3 is 2.07 bits per heavy atom. The van der Waals surface area contributed by atoms with Crippen molar-refractivity contribution in [3.8, 4) is 0 Å². The first kappa shape index (κ1) is 1.73. The molecule has 0 saturated carbocycles. The molecule has 0 amide bonds. The van der Waals surface area contributed by atoms with E-state index in [4.69, 9.17) is 39.8 Å². The Morgan fingerprint density at radius 2 is 1.53 bits per heavy atom. The fourth-order valence-electron chi connectivity index (χ4n) is 0.325. The Balaban J connectivity index is 7.37. The monoisotopic (exact) mass is 236 g/mol. The van der Waals surface area contributed by atoms with E-state index in [-0.39, 0.29) is 0 Å². The highest BCUT2D eigenvalue weighted by atomic mass is 15.1. The quantitative estimate of drug-likeness (QED) is 0.268. The van der Waals surface area contributed by atoms with Gasteiger partial charge in [-0.1, -0.05) is 69.3 Å². The molecule has 0 saturated heterocycles. The molecule has 3 heteroatoms. The molecule has 0 radical (unpaired) electrons. The van der Waals surface area contributed by atoms with Crippen LogP contribution in [0.25, 0.3) is 10.4 Å². The summed E-state index contributed by atoms with van der Waals surface area (Å²) in [6.07, 6.45) is -46.4. The summed E-state index contributed by atoms with van der Waals surface area (Å²) in [5.74, 6) is 0. The predicted octanol–water partition coefficient (Wildman–Crippen LogP) is 5.22. The summed E-state index contributed by atoms with van der Waals surface area (Å²) in [6.45, 7) is -7.99. The van der Waals surface area contributed by atoms with Gasteiger partial charge in [0.1, 0.15) is 0 Å². The molecule has 0 unspecified atom stereocenters. The van der Waals surface area contributed by atoms with Crippen LogP contribution in [0.1, 0.15) is 105 Å². The third-order valence-corrected chi connectivity index (χ3v) is 0.713. The van der Waals surface area contributed by atoms with Gasteiger partial charge in [0.15, 0.2) is 0 Å². The maximum absolute atomic E-state index is 8.45. The second-order valence-corrected chi connectivity index (χ2v) is 1.55. The van der Waals surface area contributed by atoms with Gasteiger partial charge in [-0.2, -0.15) is 0 Å². The van der Waals surface area contributed by atoms with Crippen LogP contribution in [0.3, 0.4) is 0 Å². The summed E-state index contributed by atoms with van der Waals surface area (Å²) < 4.78 is 194. The highest BCUT2D eigenvalue weighted by Crippen LogP contribution is 2.10. The van der Waals surface area contributed by atoms with Crippen molar-refractivity contribution in [3.05, 3.63) is 10.4 Å². The molecule has 0 aromatic carbocycles. The molecule has 0 heterocycles. The Labute approximate surface area is 129 Å². The van der Waals surface area contributed by atoms with Crippen LogP contribution in [0.5, 0.6) is 0 Å². The summed E-state index contributed by atoms with van der Waals surface area (Å²) in [5.41, 5.74) is 8.45. The van der Waals surface area contributed by atoms with Crippen LogP contribution in [0, 0.1) is 0 Å². The smallest absolute Gasteiger partial charge is 0.0324 e. The van der Waals surface area contributed by atoms with Crippen molar-refractivity contribution in [1.29, 1.82) is 0 Å². The van der Waals surface area contributed by atoms with Crippen LogP contribution in [0.15, 0.2) is 5.11 Å². The Bertz CT molecular complexity index is 997. The molecule has 0 aromatic heterocycles. The molecule has 0 aromatic rings. The fourth-order valence-corrected chi connectivity index (χ4v) is 0.325. The maximum atomic E-state index is 8.45. The third-order valence-electron chi connectivity index (χ3n) is 0.713. The van der Waals surface area contributed by atoms with E-state index in [0.717, 1.165) is 0 Å². The summed E-state index contributed by atoms with van der Waals surface area (Å²) in [5, 5.41) is 2.35. The molecule has 0 N–H and O–H groups in total. The zero-order valence-electron chi connectivity index (χ0n) is 32.3. The number of nitrogens with zero attached hydrogens (tertiary/aromatic N) is 3. The summed E-state index contributed by atoms with van der Waals surface area (Å²) >= 11 is 0. The average Bonchev–Trinajstić information content (AvgIpc) is 2.71. The minimum Gasteiger partial charge on any atom is -0.0940 e. The zero-order chi connectivity index (χ0) is 33.4. The lowest BCUT2D eigenvalue weighted by atomic mass is 10.1. The van der Waals surface area contributed by atoms with Crippen molar-refractivity contribution in [2.45, 2.75) is 70.6 Å². The Morgan fingerprint density at radius 1 is 1.00 bits per heavy atom. The lowest BCUT2D eigenvalue weighted by Crippen LogP contribution is -1.83. The lowest BCUT2D eigenvalue weighted by Gasteiger charge is -2.00. The van der Waals surface area contributed by atoms with Crippen LogP contribution >= 0.6 is 0 Å². The highest BCUT2D eigenvalue weighted by Gasteiger charge is 1.91. The van der Waals surface area contributed by atoms with Crippen LogP contribution in [0.2, 0.25) is 0 Å². The van der Waals surface area contributed by atoms with Crippen molar-refractivity contribution in [2.24, 2.45) is 5.11 Å². The normalized spacial score (nSPS) is 46.0. The van der Waals surface area contributed by atoms with Crippen molar-refractivity contribution < 1.29 is 34.3 Å². The number of azide groups is 1. The van der Waals surface area contributed by atoms with Crippen LogP contribution < -0.4 is 0 Å². The van der Waals surface area contributed by atoms with E-state index in [0.29, 0.717) is 0 Å². The first-order valence-corrected chi connectivity index (χ1v) is 3.37. The van der Waals surface area contributed by atoms with E-state index in [2.05, 4.69) is 5.11 Å². The van der Waals surface area contributed by atoms with Gasteiger partial charge in [0.25, 0.3) is 0 Å². The van der Waals surface area contributed by atoms with E-state index < -0.39 is 77.1 Å². The van der Waals surface area contributed by atoms with Gasteiger partial charge in [0.05, 0.1) is 0 Å². The minimum atomic E-state index is -4.85. The van der Waals surface area contributed by atoms with Crippen LogP contribution in [-0.4, -0.2) is 6.50 Å². The van der Waals surface area contributed by atoms with Gasteiger partial charge in [-0.25, -0.2) is 0 Å². The minimum absolute atomic E-state index is 1.93. The molecule has 0 bridgehead atoms. The van der Waals surface area contributed by atoms with E-state index >= 15 is 0 Å². The van der Waals surface area contributed by atoms with E-state index in [9.17, 15) is 0 Å². The van der Waals surface area contributed by atoms with Gasteiger partial charge in [-0.3, -0.25) is 0 Å². The largest absolute Gasteiger partial charge is 0.0940 e. The molecule has 0 aliphatic rings. The van der Waals surface area contributed by atoms with Gasteiger partial charge >= 0.3 is 0 Å². The summed E-state index contributed by atoms with van der Waals surface area (Å²) in [6, 6.07) is 0. The maximum Gasteiger partial charge on any atom is 0.0324 e. The van der Waals surface area contributed by atoms with Gasteiger partial charge in [0.2, 0.25) is 0 Å². The molecule has 88 valence electrons. The van der Waals surface area contributed by atoms with Gasteiger partial charge in [-0.15, -0.1) is 0 Å². The number of rotatable bonds is 11. The Kier molecular flexibility index (Phi) is 1.53. The zero-order valence-corrected chi connectivity index (χ0v) is 7.34. The standard InChI is InChI=1S/C12H25N3/c1-2-3-4-5-6-7-8-9-10-11-12-14-15-13/h2-12H2,1H3/i1D3,2D2,3D2,4D2,5D2,6D2,7D2,8D2,9D2,10D2,11D2,12D2. The van der Waals surface area contributed by atoms with E-state index in [1.165, 1.54) is 0 Å². The van der Waals surface area contributed by atoms with Crippen molar-refractivity contribution >= 4 is 0 Å². The second kappa shape index (κ2) is 13.3. The van der Waals surface area contributed by atoms with Gasteiger partial charge < -0.3 is 0 Å². The summed E-state index contributed by atoms with van der Waals surface area (Å²) in [7, 11) is 0. The first-order valence-electron chi connectivity index (χ1n) is 15.9. The third kappa shape index (κ3) is 13.3. The molecular weight excluding hydrogens is 186 g/mol. The number of hydrogen-bond donors (Lipinski definition) is 0. The number of hydrogen-bond acceptors (Lipinski definition) is 1. The fraction of sp³-hybridized carbons (Fsp3) is 1.00. The van der Waals surface area contributed by atoms with Gasteiger partial charge in [0, 0.05) is 45.7 Å². The molecule has 0 aliphatic carbocycles. The first-order chi connectivity index (χ1) is 16.8. The van der Waals surface area contributed by atoms with Crippen molar-refractivity contribution in [2.75, 3.05) is 6.50 Å². The van der Waals surface area contributed by atoms with E-state index in [1.54, 1.807) is 0 Å². The van der Waals surface area contributed by atoms with Crippen LogP contribution in [-0.2, 0) is 0 Å². The molecule has 0 atom stereocenters. The molecule has 3 nitrogen and oxygen atoms in total. The van der Waals surface area contributed by atoms with Crippen molar-refractivity contribution in [3.63, 3.8) is 0 Å². The van der Waals surface area contributed by atoms with Crippen molar-refractivity contribution in [1.82, 2.24) is 0 Å². The lowest BCUT2D eigenvalue weighted by molar-refractivity contribution is 0.558. The Hall–Kier alpha value is -0.690. The topological polar surface area (TPSA) is 48.8 Å². The molecule has 0 aliphatic heterocycles.